The molecule has 0 spiro atoms. The van der Waals surface area contributed by atoms with E-state index >= 15 is 0 Å². The molecule has 2 aliphatic rings. The van der Waals surface area contributed by atoms with Gasteiger partial charge in [-0.25, -0.2) is 4.98 Å². The molecule has 180 valence electrons. The zero-order valence-corrected chi connectivity index (χ0v) is 19.7. The molecular weight excluding hydrogens is 434 g/mol. The van der Waals surface area contributed by atoms with E-state index < -0.39 is 0 Å². The second-order valence-corrected chi connectivity index (χ2v) is 8.65. The Kier molecular flexibility index (Phi) is 6.75. The molecular formula is C25H31N5O4. The average Bonchev–Trinajstić information content (AvgIpc) is 2.92. The van der Waals surface area contributed by atoms with Gasteiger partial charge in [0.15, 0.2) is 5.65 Å². The second kappa shape index (κ2) is 10.1. The van der Waals surface area contributed by atoms with Gasteiger partial charge < -0.3 is 29.1 Å². The first-order valence-corrected chi connectivity index (χ1v) is 11.8. The molecule has 0 saturated carbocycles. The summed E-state index contributed by atoms with van der Waals surface area (Å²) in [6.45, 7) is 4.33. The maximum atomic E-state index is 9.74. The monoisotopic (exact) mass is 465 g/mol. The number of nitrogens with zero attached hydrogens (tertiary/aromatic N) is 5. The molecule has 0 atom stereocenters. The summed E-state index contributed by atoms with van der Waals surface area (Å²) in [6.07, 6.45) is 1.90. The maximum absolute atomic E-state index is 9.74. The Balaban J connectivity index is 1.59. The SMILES string of the molecule is COc1ccc(-c2ccc3c(N4CCOCC4)nc(N(C)C4CCOCC4)nc3n2)cc1CO. The average molecular weight is 466 g/mol. The van der Waals surface area contributed by atoms with Crippen molar-refractivity contribution in [2.24, 2.45) is 0 Å². The highest BCUT2D eigenvalue weighted by Gasteiger charge is 2.24. The Morgan fingerprint density at radius 2 is 1.79 bits per heavy atom. The van der Waals surface area contributed by atoms with Crippen LogP contribution in [-0.4, -0.2) is 79.8 Å². The first kappa shape index (κ1) is 22.8. The van der Waals surface area contributed by atoms with Crippen LogP contribution in [0.3, 0.4) is 0 Å². The normalized spacial score (nSPS) is 17.2. The van der Waals surface area contributed by atoms with Crippen LogP contribution in [0, 0.1) is 0 Å². The third kappa shape index (κ3) is 4.51. The van der Waals surface area contributed by atoms with Gasteiger partial charge in [-0.2, -0.15) is 9.97 Å². The van der Waals surface area contributed by atoms with Gasteiger partial charge in [0.05, 0.1) is 38.0 Å². The Hall–Kier alpha value is -3.01. The van der Waals surface area contributed by atoms with Crippen molar-refractivity contribution >= 4 is 22.8 Å². The number of methoxy groups -OCH3 is 1. The fraction of sp³-hybridized carbons (Fsp3) is 0.480. The molecule has 0 aliphatic carbocycles. The first-order chi connectivity index (χ1) is 16.7. The third-order valence-electron chi connectivity index (χ3n) is 6.64. The second-order valence-electron chi connectivity index (χ2n) is 8.65. The number of aliphatic hydroxyl groups excluding tert-OH is 1. The van der Waals surface area contributed by atoms with Crippen LogP contribution in [0.5, 0.6) is 5.75 Å². The van der Waals surface area contributed by atoms with Gasteiger partial charge in [0.1, 0.15) is 11.6 Å². The number of hydrogen-bond acceptors (Lipinski definition) is 9. The minimum Gasteiger partial charge on any atom is -0.496 e. The summed E-state index contributed by atoms with van der Waals surface area (Å²) < 4.78 is 16.5. The molecule has 0 amide bonds. The van der Waals surface area contributed by atoms with E-state index in [2.05, 4.69) is 16.8 Å². The number of fused-ring (bicyclic) bond motifs is 1. The number of anilines is 2. The molecule has 34 heavy (non-hydrogen) atoms. The van der Waals surface area contributed by atoms with Crippen molar-refractivity contribution in [2.45, 2.75) is 25.5 Å². The fourth-order valence-electron chi connectivity index (χ4n) is 4.61. The van der Waals surface area contributed by atoms with Crippen LogP contribution in [0.25, 0.3) is 22.3 Å². The Labute approximate surface area is 199 Å². The lowest BCUT2D eigenvalue weighted by molar-refractivity contribution is 0.0852. The molecule has 1 N–H and O–H groups in total. The fourth-order valence-corrected chi connectivity index (χ4v) is 4.61. The summed E-state index contributed by atoms with van der Waals surface area (Å²) in [5.41, 5.74) is 3.07. The molecule has 9 nitrogen and oxygen atoms in total. The number of hydrogen-bond donors (Lipinski definition) is 1. The Morgan fingerprint density at radius 1 is 1.03 bits per heavy atom. The summed E-state index contributed by atoms with van der Waals surface area (Å²) in [7, 11) is 3.66. The Bertz CT molecular complexity index is 1150. The molecule has 9 heteroatoms. The van der Waals surface area contributed by atoms with Crippen molar-refractivity contribution in [3.63, 3.8) is 0 Å². The van der Waals surface area contributed by atoms with Crippen molar-refractivity contribution in [3.05, 3.63) is 35.9 Å². The van der Waals surface area contributed by atoms with Gasteiger partial charge in [0.2, 0.25) is 5.95 Å². The van der Waals surface area contributed by atoms with Gasteiger partial charge in [-0.05, 0) is 43.2 Å². The van der Waals surface area contributed by atoms with Crippen molar-refractivity contribution in [3.8, 4) is 17.0 Å². The highest BCUT2D eigenvalue weighted by Crippen LogP contribution is 2.31. The van der Waals surface area contributed by atoms with Crippen LogP contribution in [0.15, 0.2) is 30.3 Å². The summed E-state index contributed by atoms with van der Waals surface area (Å²) >= 11 is 0. The minimum absolute atomic E-state index is 0.103. The molecule has 5 rings (SSSR count). The van der Waals surface area contributed by atoms with E-state index in [1.807, 2.05) is 30.3 Å². The van der Waals surface area contributed by atoms with Gasteiger partial charge in [-0.15, -0.1) is 0 Å². The topological polar surface area (TPSA) is 93.1 Å². The van der Waals surface area contributed by atoms with E-state index in [1.165, 1.54) is 0 Å². The standard InChI is InChI=1S/C25H31N5O4/c1-29(19-7-11-33-12-8-19)25-27-23-20(24(28-25)30-9-13-34-14-10-30)4-5-21(26-23)17-3-6-22(32-2)18(15-17)16-31/h3-6,15,19,31H,7-14,16H2,1-2H3. The lowest BCUT2D eigenvalue weighted by atomic mass is 10.1. The van der Waals surface area contributed by atoms with Gasteiger partial charge in [-0.3, -0.25) is 0 Å². The van der Waals surface area contributed by atoms with Gasteiger partial charge >= 0.3 is 0 Å². The molecule has 3 aromatic rings. The van der Waals surface area contributed by atoms with Crippen LogP contribution in [0.4, 0.5) is 11.8 Å². The predicted molar refractivity (Wildman–Crippen MR) is 131 cm³/mol. The van der Waals surface area contributed by atoms with E-state index in [0.29, 0.717) is 36.6 Å². The summed E-state index contributed by atoms with van der Waals surface area (Å²) in [4.78, 5) is 19.3. The number of benzene rings is 1. The Morgan fingerprint density at radius 3 is 2.53 bits per heavy atom. The summed E-state index contributed by atoms with van der Waals surface area (Å²) in [5, 5.41) is 10.7. The maximum Gasteiger partial charge on any atom is 0.229 e. The lowest BCUT2D eigenvalue weighted by Gasteiger charge is -2.33. The van der Waals surface area contributed by atoms with Crippen LogP contribution in [0.1, 0.15) is 18.4 Å². The molecule has 1 aromatic carbocycles. The molecule has 2 saturated heterocycles. The number of morpholine rings is 1. The van der Waals surface area contributed by atoms with E-state index in [1.54, 1.807) is 7.11 Å². The smallest absolute Gasteiger partial charge is 0.229 e. The predicted octanol–water partition coefficient (Wildman–Crippen LogP) is 2.64. The molecule has 2 aromatic heterocycles. The highest BCUT2D eigenvalue weighted by molar-refractivity contribution is 5.90. The number of pyridine rings is 1. The highest BCUT2D eigenvalue weighted by atomic mass is 16.5. The van der Waals surface area contributed by atoms with Crippen molar-refractivity contribution < 1.29 is 19.3 Å². The van der Waals surface area contributed by atoms with Crippen LogP contribution < -0.4 is 14.5 Å². The molecule has 0 bridgehead atoms. The van der Waals surface area contributed by atoms with E-state index in [-0.39, 0.29) is 6.61 Å². The largest absolute Gasteiger partial charge is 0.496 e. The van der Waals surface area contributed by atoms with Crippen molar-refractivity contribution in [1.29, 1.82) is 0 Å². The molecule has 4 heterocycles. The van der Waals surface area contributed by atoms with Crippen molar-refractivity contribution in [2.75, 3.05) is 63.5 Å². The van der Waals surface area contributed by atoms with Gasteiger partial charge in [0, 0.05) is 50.5 Å². The van der Waals surface area contributed by atoms with Crippen LogP contribution in [-0.2, 0) is 16.1 Å². The van der Waals surface area contributed by atoms with E-state index in [4.69, 9.17) is 29.2 Å². The van der Waals surface area contributed by atoms with Crippen LogP contribution >= 0.6 is 0 Å². The van der Waals surface area contributed by atoms with E-state index in [0.717, 1.165) is 67.2 Å². The zero-order valence-electron chi connectivity index (χ0n) is 19.7. The summed E-state index contributed by atoms with van der Waals surface area (Å²) in [6, 6.07) is 10.1. The first-order valence-electron chi connectivity index (χ1n) is 11.8. The van der Waals surface area contributed by atoms with E-state index in [9.17, 15) is 5.11 Å². The van der Waals surface area contributed by atoms with Gasteiger partial charge in [-0.1, -0.05) is 0 Å². The molecule has 2 aliphatic heterocycles. The van der Waals surface area contributed by atoms with Gasteiger partial charge in [0.25, 0.3) is 0 Å². The quantitative estimate of drug-likeness (QED) is 0.590. The number of rotatable bonds is 6. The molecule has 0 unspecified atom stereocenters. The number of aliphatic hydroxyl groups is 1. The third-order valence-corrected chi connectivity index (χ3v) is 6.64. The summed E-state index contributed by atoms with van der Waals surface area (Å²) in [5.74, 6) is 2.23. The number of ether oxygens (including phenoxy) is 3. The van der Waals surface area contributed by atoms with Crippen molar-refractivity contribution in [1.82, 2.24) is 15.0 Å². The minimum atomic E-state index is -0.103. The van der Waals surface area contributed by atoms with Crippen LogP contribution in [0.2, 0.25) is 0 Å². The number of aromatic nitrogens is 3. The molecule has 2 fully saturated rings. The zero-order chi connectivity index (χ0) is 23.5. The lowest BCUT2D eigenvalue weighted by Crippen LogP contribution is -2.39. The molecule has 0 radical (unpaired) electrons.